The molecule has 1 aromatic heterocycles. The number of amides is 1. The van der Waals surface area contributed by atoms with Crippen molar-refractivity contribution in [3.8, 4) is 0 Å². The number of nitrogens with two attached hydrogens (primary N) is 1. The zero-order valence-electron chi connectivity index (χ0n) is 12.6. The van der Waals surface area contributed by atoms with E-state index in [2.05, 4.69) is 10.5 Å². The number of nitrogens with one attached hydrogen (secondary N) is 1. The Morgan fingerprint density at radius 3 is 2.60 bits per heavy atom. The number of hydrogen-bond donors (Lipinski definition) is 3. The number of thiophene rings is 1. The zero-order valence-corrected chi connectivity index (χ0v) is 13.4. The molecule has 0 radical (unpaired) electrons. The van der Waals surface area contributed by atoms with Crippen LogP contribution in [0.3, 0.4) is 0 Å². The molecule has 0 unspecified atom stereocenters. The highest BCUT2D eigenvalue weighted by Crippen LogP contribution is 2.14. The van der Waals surface area contributed by atoms with Gasteiger partial charge in [0.15, 0.2) is 5.84 Å². The number of hydrogen-bond acceptors (Lipinski definition) is 5. The van der Waals surface area contributed by atoms with E-state index in [-0.39, 0.29) is 5.84 Å². The summed E-state index contributed by atoms with van der Waals surface area (Å²) in [6, 6.07) is 1.75. The van der Waals surface area contributed by atoms with Crippen LogP contribution in [0, 0.1) is 0 Å². The van der Waals surface area contributed by atoms with Gasteiger partial charge < -0.3 is 21.0 Å². The van der Waals surface area contributed by atoms with Gasteiger partial charge in [0.05, 0.1) is 6.54 Å². The molecule has 7 heteroatoms. The van der Waals surface area contributed by atoms with E-state index in [1.54, 1.807) is 32.2 Å². The predicted octanol–water partition coefficient (Wildman–Crippen LogP) is 2.89. The fourth-order valence-electron chi connectivity index (χ4n) is 1.14. The van der Waals surface area contributed by atoms with E-state index in [0.29, 0.717) is 12.1 Å². The maximum atomic E-state index is 11.4. The van der Waals surface area contributed by atoms with Gasteiger partial charge in [0.25, 0.3) is 0 Å². The minimum Gasteiger partial charge on any atom is -0.444 e. The number of carbonyl (C=O) groups is 1. The first-order chi connectivity index (χ1) is 9.31. The first-order valence-electron chi connectivity index (χ1n) is 6.34. The van der Waals surface area contributed by atoms with Crippen LogP contribution in [0.1, 0.15) is 45.1 Å². The molecule has 20 heavy (non-hydrogen) atoms. The van der Waals surface area contributed by atoms with Crippen molar-refractivity contribution in [1.82, 2.24) is 5.32 Å². The van der Waals surface area contributed by atoms with E-state index in [0.717, 1.165) is 4.88 Å². The maximum absolute atomic E-state index is 11.4. The summed E-state index contributed by atoms with van der Waals surface area (Å²) in [7, 11) is 0. The number of oxime groups is 1. The van der Waals surface area contributed by atoms with Gasteiger partial charge >= 0.3 is 6.09 Å². The summed E-state index contributed by atoms with van der Waals surface area (Å²) in [5, 5.41) is 15.8. The largest absolute Gasteiger partial charge is 0.444 e. The van der Waals surface area contributed by atoms with Gasteiger partial charge in [0, 0.05) is 15.8 Å². The molecule has 0 atom stereocenters. The number of rotatable bonds is 3. The maximum Gasteiger partial charge on any atom is 0.407 e. The summed E-state index contributed by atoms with van der Waals surface area (Å²) in [4.78, 5) is 12.3. The SMILES string of the molecule is CC.CC(C)(C)OC(=O)NCc1cc(/C(N)=N/O)cs1. The minimum atomic E-state index is -0.515. The van der Waals surface area contributed by atoms with E-state index in [4.69, 9.17) is 15.7 Å². The van der Waals surface area contributed by atoms with Gasteiger partial charge in [-0.3, -0.25) is 0 Å². The Kier molecular flexibility index (Phi) is 7.68. The van der Waals surface area contributed by atoms with Gasteiger partial charge in [-0.05, 0) is 26.8 Å². The van der Waals surface area contributed by atoms with Crippen molar-refractivity contribution in [2.75, 3.05) is 0 Å². The van der Waals surface area contributed by atoms with Gasteiger partial charge in [-0.25, -0.2) is 4.79 Å². The van der Waals surface area contributed by atoms with Crippen molar-refractivity contribution in [3.63, 3.8) is 0 Å². The van der Waals surface area contributed by atoms with Crippen LogP contribution in [0.15, 0.2) is 16.6 Å². The molecule has 0 aromatic carbocycles. The molecule has 1 aromatic rings. The van der Waals surface area contributed by atoms with Crippen molar-refractivity contribution in [2.24, 2.45) is 10.9 Å². The van der Waals surface area contributed by atoms with Crippen molar-refractivity contribution in [1.29, 1.82) is 0 Å². The molecular formula is C13H23N3O3S. The van der Waals surface area contributed by atoms with Crippen LogP contribution >= 0.6 is 11.3 Å². The summed E-state index contributed by atoms with van der Waals surface area (Å²) in [6.45, 7) is 9.75. The summed E-state index contributed by atoms with van der Waals surface area (Å²) in [6.07, 6.45) is -0.471. The summed E-state index contributed by atoms with van der Waals surface area (Å²) in [5.74, 6) is 0.0507. The molecule has 0 aliphatic carbocycles. The second kappa shape index (κ2) is 8.42. The van der Waals surface area contributed by atoms with Gasteiger partial charge in [0.2, 0.25) is 0 Å². The molecule has 0 saturated heterocycles. The summed E-state index contributed by atoms with van der Waals surface area (Å²) in [5.41, 5.74) is 5.55. The Morgan fingerprint density at radius 1 is 1.50 bits per heavy atom. The van der Waals surface area contributed by atoms with Crippen LogP contribution in [0.25, 0.3) is 0 Å². The second-order valence-corrected chi connectivity index (χ2v) is 5.64. The molecule has 0 aliphatic rings. The highest BCUT2D eigenvalue weighted by molar-refractivity contribution is 7.10. The Hall–Kier alpha value is -1.76. The van der Waals surface area contributed by atoms with Crippen molar-refractivity contribution in [2.45, 2.75) is 46.8 Å². The van der Waals surface area contributed by atoms with E-state index >= 15 is 0 Å². The quantitative estimate of drug-likeness (QED) is 0.346. The van der Waals surface area contributed by atoms with E-state index in [1.807, 2.05) is 13.8 Å². The Morgan fingerprint density at radius 2 is 2.10 bits per heavy atom. The third-order valence-corrected chi connectivity index (χ3v) is 2.80. The van der Waals surface area contributed by atoms with Crippen LogP contribution in [-0.2, 0) is 11.3 Å². The second-order valence-electron chi connectivity index (χ2n) is 4.64. The number of amidine groups is 1. The van der Waals surface area contributed by atoms with Gasteiger partial charge in [-0.1, -0.05) is 19.0 Å². The minimum absolute atomic E-state index is 0.0507. The zero-order chi connectivity index (χ0) is 15.8. The third-order valence-electron chi connectivity index (χ3n) is 1.86. The van der Waals surface area contributed by atoms with Gasteiger partial charge in [-0.2, -0.15) is 0 Å². The molecule has 1 heterocycles. The molecule has 114 valence electrons. The van der Waals surface area contributed by atoms with Crippen LogP contribution in [-0.4, -0.2) is 22.7 Å². The predicted molar refractivity (Wildman–Crippen MR) is 81.3 cm³/mol. The average molecular weight is 301 g/mol. The van der Waals surface area contributed by atoms with E-state index < -0.39 is 11.7 Å². The van der Waals surface area contributed by atoms with Crippen molar-refractivity contribution < 1.29 is 14.7 Å². The molecular weight excluding hydrogens is 278 g/mol. The molecule has 0 saturated carbocycles. The lowest BCUT2D eigenvalue weighted by atomic mass is 10.2. The highest BCUT2D eigenvalue weighted by atomic mass is 32.1. The van der Waals surface area contributed by atoms with Crippen molar-refractivity contribution in [3.05, 3.63) is 21.9 Å². The Bertz CT molecular complexity index is 450. The van der Waals surface area contributed by atoms with Crippen LogP contribution < -0.4 is 11.1 Å². The molecule has 0 fully saturated rings. The first kappa shape index (κ1) is 18.2. The van der Waals surface area contributed by atoms with Crippen LogP contribution in [0.2, 0.25) is 0 Å². The number of ether oxygens (including phenoxy) is 1. The monoisotopic (exact) mass is 301 g/mol. The Labute approximate surface area is 123 Å². The third kappa shape index (κ3) is 6.98. The first-order valence-corrected chi connectivity index (χ1v) is 7.22. The van der Waals surface area contributed by atoms with Gasteiger partial charge in [-0.15, -0.1) is 11.3 Å². The Balaban J connectivity index is 0.00000172. The lowest BCUT2D eigenvalue weighted by Gasteiger charge is -2.19. The summed E-state index contributed by atoms with van der Waals surface area (Å²) >= 11 is 1.41. The molecule has 1 rings (SSSR count). The fourth-order valence-corrected chi connectivity index (χ4v) is 1.96. The summed E-state index contributed by atoms with van der Waals surface area (Å²) < 4.78 is 5.10. The van der Waals surface area contributed by atoms with E-state index in [1.165, 1.54) is 11.3 Å². The van der Waals surface area contributed by atoms with Crippen molar-refractivity contribution >= 4 is 23.3 Å². The molecule has 6 nitrogen and oxygen atoms in total. The molecule has 4 N–H and O–H groups in total. The lowest BCUT2D eigenvalue weighted by Crippen LogP contribution is -2.31. The standard InChI is InChI=1S/C11H17N3O3S.C2H6/c1-11(2,3)17-10(15)13-5-8-4-7(6-18-8)9(12)14-16;1-2/h4,6,16H,5H2,1-3H3,(H2,12,14)(H,13,15);1-2H3. The number of carbonyl (C=O) groups excluding carboxylic acids is 1. The fraction of sp³-hybridized carbons (Fsp3) is 0.538. The van der Waals surface area contributed by atoms with Crippen LogP contribution in [0.5, 0.6) is 0 Å². The molecule has 0 bridgehead atoms. The van der Waals surface area contributed by atoms with E-state index in [9.17, 15) is 4.79 Å². The smallest absolute Gasteiger partial charge is 0.407 e. The van der Waals surface area contributed by atoms with Gasteiger partial charge in [0.1, 0.15) is 5.60 Å². The topological polar surface area (TPSA) is 96.9 Å². The molecule has 0 aliphatic heterocycles. The molecule has 0 spiro atoms. The molecule has 1 amide bonds. The number of nitrogens with zero attached hydrogens (tertiary/aromatic N) is 1. The average Bonchev–Trinajstić information content (AvgIpc) is 2.84. The lowest BCUT2D eigenvalue weighted by molar-refractivity contribution is 0.0524. The normalized spacial score (nSPS) is 11.3. The van der Waals surface area contributed by atoms with Crippen LogP contribution in [0.4, 0.5) is 4.79 Å². The number of alkyl carbamates (subject to hydrolysis) is 1. The highest BCUT2D eigenvalue weighted by Gasteiger charge is 2.16.